The Morgan fingerprint density at radius 1 is 1.17 bits per heavy atom. The van der Waals surface area contributed by atoms with Crippen molar-refractivity contribution in [2.45, 2.75) is 26.2 Å². The fraction of sp³-hybridized carbons (Fsp3) is 0.400. The predicted octanol–water partition coefficient (Wildman–Crippen LogP) is 4.22. The summed E-state index contributed by atoms with van der Waals surface area (Å²) in [6.07, 6.45) is 3.53. The van der Waals surface area contributed by atoms with Gasteiger partial charge in [-0.1, -0.05) is 43.7 Å². The van der Waals surface area contributed by atoms with Crippen molar-refractivity contribution in [1.82, 2.24) is 4.98 Å². The number of rotatable bonds is 5. The SMILES string of the molecule is CCCCc1nc(-c2ccccc2)c(N(C)C)s1. The van der Waals surface area contributed by atoms with Crippen LogP contribution in [0.25, 0.3) is 11.3 Å². The Balaban J connectivity index is 2.36. The number of hydrogen-bond acceptors (Lipinski definition) is 3. The first-order chi connectivity index (χ1) is 8.72. The van der Waals surface area contributed by atoms with Gasteiger partial charge in [-0.25, -0.2) is 4.98 Å². The Hall–Kier alpha value is -1.35. The highest BCUT2D eigenvalue weighted by Gasteiger charge is 2.14. The molecule has 0 amide bonds. The van der Waals surface area contributed by atoms with E-state index >= 15 is 0 Å². The van der Waals surface area contributed by atoms with Gasteiger partial charge in [0.25, 0.3) is 0 Å². The molecule has 0 aliphatic carbocycles. The molecule has 0 saturated heterocycles. The lowest BCUT2D eigenvalue weighted by Crippen LogP contribution is -2.07. The molecule has 2 aromatic rings. The smallest absolute Gasteiger partial charge is 0.119 e. The summed E-state index contributed by atoms with van der Waals surface area (Å²) in [6, 6.07) is 10.4. The summed E-state index contributed by atoms with van der Waals surface area (Å²) in [5, 5.41) is 2.51. The van der Waals surface area contributed by atoms with Crippen molar-refractivity contribution in [3.8, 4) is 11.3 Å². The van der Waals surface area contributed by atoms with Crippen molar-refractivity contribution in [1.29, 1.82) is 0 Å². The summed E-state index contributed by atoms with van der Waals surface area (Å²) in [5.74, 6) is 0. The number of aromatic nitrogens is 1. The van der Waals surface area contributed by atoms with Crippen LogP contribution in [0.5, 0.6) is 0 Å². The van der Waals surface area contributed by atoms with E-state index < -0.39 is 0 Å². The molecule has 2 nitrogen and oxygen atoms in total. The second-order valence-electron chi connectivity index (χ2n) is 4.63. The van der Waals surface area contributed by atoms with E-state index in [1.165, 1.54) is 28.4 Å². The molecule has 1 aromatic carbocycles. The first kappa shape index (κ1) is 13.1. The van der Waals surface area contributed by atoms with E-state index in [2.05, 4.69) is 50.2 Å². The molecule has 0 fully saturated rings. The second-order valence-corrected chi connectivity index (χ2v) is 5.69. The highest BCUT2D eigenvalue weighted by Crippen LogP contribution is 2.35. The monoisotopic (exact) mass is 260 g/mol. The van der Waals surface area contributed by atoms with Crippen LogP contribution in [-0.2, 0) is 6.42 Å². The van der Waals surface area contributed by atoms with E-state index in [1.54, 1.807) is 0 Å². The largest absolute Gasteiger partial charge is 0.368 e. The van der Waals surface area contributed by atoms with E-state index in [1.807, 2.05) is 17.4 Å². The van der Waals surface area contributed by atoms with Crippen LogP contribution in [0.1, 0.15) is 24.8 Å². The number of unbranched alkanes of at least 4 members (excludes halogenated alkanes) is 1. The number of benzene rings is 1. The molecule has 3 heteroatoms. The van der Waals surface area contributed by atoms with Crippen LogP contribution in [0.3, 0.4) is 0 Å². The van der Waals surface area contributed by atoms with Crippen LogP contribution in [0.2, 0.25) is 0 Å². The van der Waals surface area contributed by atoms with Crippen LogP contribution in [0, 0.1) is 0 Å². The fourth-order valence-corrected chi connectivity index (χ4v) is 2.93. The lowest BCUT2D eigenvalue weighted by Gasteiger charge is -2.11. The topological polar surface area (TPSA) is 16.1 Å². The molecular weight excluding hydrogens is 240 g/mol. The number of nitrogens with zero attached hydrogens (tertiary/aromatic N) is 2. The zero-order chi connectivity index (χ0) is 13.0. The first-order valence-corrected chi connectivity index (χ1v) is 7.26. The summed E-state index contributed by atoms with van der Waals surface area (Å²) in [4.78, 5) is 6.98. The Kier molecular flexibility index (Phi) is 4.37. The summed E-state index contributed by atoms with van der Waals surface area (Å²) in [6.45, 7) is 2.22. The van der Waals surface area contributed by atoms with E-state index in [9.17, 15) is 0 Å². The molecular formula is C15H20N2S. The Labute approximate surface area is 113 Å². The molecule has 0 spiro atoms. The van der Waals surface area contributed by atoms with Gasteiger partial charge >= 0.3 is 0 Å². The summed E-state index contributed by atoms with van der Waals surface area (Å²) in [7, 11) is 4.17. The number of aryl methyl sites for hydroxylation is 1. The van der Waals surface area contributed by atoms with Crippen molar-refractivity contribution in [2.75, 3.05) is 19.0 Å². The zero-order valence-electron chi connectivity index (χ0n) is 11.3. The summed E-state index contributed by atoms with van der Waals surface area (Å²) in [5.41, 5.74) is 2.33. The van der Waals surface area contributed by atoms with E-state index in [4.69, 9.17) is 4.98 Å². The normalized spacial score (nSPS) is 10.6. The molecule has 1 aromatic heterocycles. The van der Waals surface area contributed by atoms with Crippen molar-refractivity contribution in [2.24, 2.45) is 0 Å². The van der Waals surface area contributed by atoms with Gasteiger partial charge in [0.2, 0.25) is 0 Å². The van der Waals surface area contributed by atoms with Crippen LogP contribution >= 0.6 is 11.3 Å². The van der Waals surface area contributed by atoms with Crippen LogP contribution < -0.4 is 4.90 Å². The molecule has 0 saturated carbocycles. The van der Waals surface area contributed by atoms with Crippen LogP contribution in [-0.4, -0.2) is 19.1 Å². The first-order valence-electron chi connectivity index (χ1n) is 6.44. The lowest BCUT2D eigenvalue weighted by molar-refractivity contribution is 0.790. The van der Waals surface area contributed by atoms with Crippen molar-refractivity contribution < 1.29 is 0 Å². The third kappa shape index (κ3) is 2.91. The minimum absolute atomic E-state index is 1.09. The molecule has 0 radical (unpaired) electrons. The second kappa shape index (κ2) is 6.01. The van der Waals surface area contributed by atoms with Crippen LogP contribution in [0.4, 0.5) is 5.00 Å². The standard InChI is InChI=1S/C15H20N2S/c1-4-5-11-13-16-14(15(18-13)17(2)3)12-9-7-6-8-10-12/h6-10H,4-5,11H2,1-3H3. The van der Waals surface area contributed by atoms with E-state index in [0.717, 1.165) is 12.1 Å². The van der Waals surface area contributed by atoms with E-state index in [-0.39, 0.29) is 0 Å². The number of thiazole rings is 1. The van der Waals surface area contributed by atoms with Gasteiger partial charge in [0.1, 0.15) is 10.7 Å². The van der Waals surface area contributed by atoms with Crippen molar-refractivity contribution in [3.05, 3.63) is 35.3 Å². The third-order valence-electron chi connectivity index (χ3n) is 2.85. The Morgan fingerprint density at radius 3 is 2.50 bits per heavy atom. The van der Waals surface area contributed by atoms with Gasteiger partial charge in [0, 0.05) is 19.7 Å². The van der Waals surface area contributed by atoms with Crippen LogP contribution in [0.15, 0.2) is 30.3 Å². The summed E-state index contributed by atoms with van der Waals surface area (Å²) < 4.78 is 0. The van der Waals surface area contributed by atoms with Gasteiger partial charge < -0.3 is 4.90 Å². The molecule has 0 aliphatic heterocycles. The average molecular weight is 260 g/mol. The quantitative estimate of drug-likeness (QED) is 0.800. The Bertz CT molecular complexity index is 488. The highest BCUT2D eigenvalue weighted by atomic mass is 32.1. The minimum Gasteiger partial charge on any atom is -0.368 e. The maximum Gasteiger partial charge on any atom is 0.119 e. The number of hydrogen-bond donors (Lipinski definition) is 0. The molecule has 1 heterocycles. The maximum absolute atomic E-state index is 4.82. The highest BCUT2D eigenvalue weighted by molar-refractivity contribution is 7.16. The molecule has 0 N–H and O–H groups in total. The predicted molar refractivity (Wildman–Crippen MR) is 80.5 cm³/mol. The number of anilines is 1. The molecule has 96 valence electrons. The van der Waals surface area contributed by atoms with Gasteiger partial charge in [-0.15, -0.1) is 11.3 Å². The third-order valence-corrected chi connectivity index (χ3v) is 4.13. The van der Waals surface area contributed by atoms with Gasteiger partial charge in [0.15, 0.2) is 0 Å². The minimum atomic E-state index is 1.09. The Morgan fingerprint density at radius 2 is 1.89 bits per heavy atom. The molecule has 18 heavy (non-hydrogen) atoms. The molecule has 0 unspecified atom stereocenters. The van der Waals surface area contributed by atoms with Gasteiger partial charge in [0.05, 0.1) is 5.01 Å². The summed E-state index contributed by atoms with van der Waals surface area (Å²) >= 11 is 1.82. The van der Waals surface area contributed by atoms with Gasteiger partial charge in [-0.2, -0.15) is 0 Å². The zero-order valence-corrected chi connectivity index (χ0v) is 12.1. The van der Waals surface area contributed by atoms with Gasteiger partial charge in [-0.3, -0.25) is 0 Å². The maximum atomic E-state index is 4.82. The fourth-order valence-electron chi connectivity index (χ4n) is 1.88. The molecule has 0 aliphatic rings. The van der Waals surface area contributed by atoms with Gasteiger partial charge in [-0.05, 0) is 12.8 Å². The van der Waals surface area contributed by atoms with E-state index in [0.29, 0.717) is 0 Å². The molecule has 0 bridgehead atoms. The molecule has 0 atom stereocenters. The van der Waals surface area contributed by atoms with Crippen molar-refractivity contribution in [3.63, 3.8) is 0 Å². The lowest BCUT2D eigenvalue weighted by atomic mass is 10.1. The van der Waals surface area contributed by atoms with Crippen molar-refractivity contribution >= 4 is 16.3 Å². The average Bonchev–Trinajstić information content (AvgIpc) is 2.82. The molecule has 2 rings (SSSR count).